The highest BCUT2D eigenvalue weighted by molar-refractivity contribution is 6.46. The Morgan fingerprint density at radius 1 is 1.04 bits per heavy atom. The fourth-order valence-corrected chi connectivity index (χ4v) is 3.95. The second kappa shape index (κ2) is 8.98. The van der Waals surface area contributed by atoms with Crippen LogP contribution in [0.15, 0.2) is 51.4 Å². The maximum absolute atomic E-state index is 4.99. The van der Waals surface area contributed by atoms with Crippen LogP contribution < -0.4 is 0 Å². The maximum atomic E-state index is 4.99. The van der Waals surface area contributed by atoms with Gasteiger partial charge in [-0.05, 0) is 43.7 Å². The number of hydrogen-bond donors (Lipinski definition) is 0. The van der Waals surface area contributed by atoms with Crippen LogP contribution in [0.25, 0.3) is 0 Å². The summed E-state index contributed by atoms with van der Waals surface area (Å²) in [4.78, 5) is 14.9. The normalized spacial score (nSPS) is 22.3. The van der Waals surface area contributed by atoms with E-state index in [1.807, 2.05) is 0 Å². The summed E-state index contributed by atoms with van der Waals surface area (Å²) in [6.45, 7) is 10.9. The Hall–Kier alpha value is -2.03. The zero-order chi connectivity index (χ0) is 20.1. The molecular formula is C25H34N3. The van der Waals surface area contributed by atoms with Gasteiger partial charge in [0.15, 0.2) is 0 Å². The minimum atomic E-state index is 0.0323. The van der Waals surface area contributed by atoms with Crippen molar-refractivity contribution >= 4 is 22.8 Å². The van der Waals surface area contributed by atoms with Crippen molar-refractivity contribution in [1.82, 2.24) is 0 Å². The lowest BCUT2D eigenvalue weighted by Gasteiger charge is -2.22. The summed E-state index contributed by atoms with van der Waals surface area (Å²) in [5.41, 5.74) is 5.38. The SMILES string of the molecule is CC(=Nc1ccccc1C(C)(C)C)C1=NC(C(C)=NC2CCCCC2)C=C[CH]1. The van der Waals surface area contributed by atoms with Gasteiger partial charge in [0.2, 0.25) is 0 Å². The molecule has 1 aromatic rings. The van der Waals surface area contributed by atoms with E-state index in [1.54, 1.807) is 0 Å². The van der Waals surface area contributed by atoms with Gasteiger partial charge in [-0.3, -0.25) is 15.0 Å². The first-order valence-corrected chi connectivity index (χ1v) is 10.6. The zero-order valence-electron chi connectivity index (χ0n) is 18.1. The van der Waals surface area contributed by atoms with Crippen LogP contribution in [-0.4, -0.2) is 29.2 Å². The van der Waals surface area contributed by atoms with Crippen LogP contribution >= 0.6 is 0 Å². The van der Waals surface area contributed by atoms with Gasteiger partial charge in [-0.25, -0.2) is 0 Å². The molecule has 2 aliphatic rings. The molecule has 1 aliphatic carbocycles. The van der Waals surface area contributed by atoms with E-state index in [0.717, 1.165) is 22.8 Å². The highest BCUT2D eigenvalue weighted by atomic mass is 14.9. The molecule has 0 amide bonds. The van der Waals surface area contributed by atoms with Gasteiger partial charge >= 0.3 is 0 Å². The molecule has 1 atom stereocenters. The monoisotopic (exact) mass is 376 g/mol. The third kappa shape index (κ3) is 5.27. The number of dihydropyridines is 1. The first-order valence-electron chi connectivity index (χ1n) is 10.6. The van der Waals surface area contributed by atoms with Crippen LogP contribution in [-0.2, 0) is 5.41 Å². The molecule has 1 fully saturated rings. The van der Waals surface area contributed by atoms with E-state index in [0.29, 0.717) is 6.04 Å². The smallest absolute Gasteiger partial charge is 0.106 e. The van der Waals surface area contributed by atoms with Crippen LogP contribution in [0.2, 0.25) is 0 Å². The highest BCUT2D eigenvalue weighted by Crippen LogP contribution is 2.31. The molecular weight excluding hydrogens is 342 g/mol. The van der Waals surface area contributed by atoms with Crippen LogP contribution in [0.1, 0.15) is 72.3 Å². The minimum absolute atomic E-state index is 0.0323. The van der Waals surface area contributed by atoms with E-state index in [9.17, 15) is 0 Å². The molecule has 0 aromatic heterocycles. The summed E-state index contributed by atoms with van der Waals surface area (Å²) in [5.74, 6) is 0. The van der Waals surface area contributed by atoms with Crippen LogP contribution in [0.4, 0.5) is 5.69 Å². The van der Waals surface area contributed by atoms with Gasteiger partial charge in [-0.1, -0.05) is 70.4 Å². The number of aliphatic imine (C=N–C) groups is 3. The third-order valence-corrected chi connectivity index (χ3v) is 5.59. The quantitative estimate of drug-likeness (QED) is 0.541. The lowest BCUT2D eigenvalue weighted by molar-refractivity contribution is 0.442. The summed E-state index contributed by atoms with van der Waals surface area (Å²) in [6.07, 6.45) is 12.7. The summed E-state index contributed by atoms with van der Waals surface area (Å²) in [7, 11) is 0. The molecule has 1 saturated carbocycles. The second-order valence-corrected chi connectivity index (χ2v) is 9.04. The van der Waals surface area contributed by atoms with Crippen LogP contribution in [0.5, 0.6) is 0 Å². The van der Waals surface area contributed by atoms with E-state index in [1.165, 1.54) is 37.7 Å². The number of rotatable bonds is 4. The number of allylic oxidation sites excluding steroid dienone is 1. The molecule has 1 heterocycles. The van der Waals surface area contributed by atoms with Crippen molar-refractivity contribution in [3.63, 3.8) is 0 Å². The largest absolute Gasteiger partial charge is 0.288 e. The molecule has 3 rings (SSSR count). The Morgan fingerprint density at radius 2 is 1.75 bits per heavy atom. The molecule has 1 aromatic carbocycles. The fraction of sp³-hybridized carbons (Fsp3) is 0.520. The zero-order valence-corrected chi connectivity index (χ0v) is 18.1. The fourth-order valence-electron chi connectivity index (χ4n) is 3.95. The van der Waals surface area contributed by atoms with Crippen molar-refractivity contribution in [2.24, 2.45) is 15.0 Å². The molecule has 149 valence electrons. The lowest BCUT2D eigenvalue weighted by atomic mass is 9.86. The van der Waals surface area contributed by atoms with Crippen molar-refractivity contribution in [3.05, 3.63) is 48.4 Å². The Morgan fingerprint density at radius 3 is 2.46 bits per heavy atom. The summed E-state index contributed by atoms with van der Waals surface area (Å²) >= 11 is 0. The molecule has 3 nitrogen and oxygen atoms in total. The highest BCUT2D eigenvalue weighted by Gasteiger charge is 2.20. The summed E-state index contributed by atoms with van der Waals surface area (Å²) in [6, 6.07) is 8.92. The van der Waals surface area contributed by atoms with Crippen LogP contribution in [0.3, 0.4) is 0 Å². The molecule has 0 spiro atoms. The molecule has 3 heteroatoms. The maximum Gasteiger partial charge on any atom is 0.106 e. The van der Waals surface area contributed by atoms with Crippen molar-refractivity contribution in [1.29, 1.82) is 0 Å². The van der Waals surface area contributed by atoms with Gasteiger partial charge < -0.3 is 0 Å². The predicted molar refractivity (Wildman–Crippen MR) is 123 cm³/mol. The van der Waals surface area contributed by atoms with E-state index >= 15 is 0 Å². The molecule has 28 heavy (non-hydrogen) atoms. The number of hydrogen-bond acceptors (Lipinski definition) is 3. The van der Waals surface area contributed by atoms with Gasteiger partial charge in [0.05, 0.1) is 17.1 Å². The van der Waals surface area contributed by atoms with Crippen molar-refractivity contribution in [2.75, 3.05) is 0 Å². The van der Waals surface area contributed by atoms with E-state index in [4.69, 9.17) is 15.0 Å². The van der Waals surface area contributed by atoms with Gasteiger partial charge in [0.25, 0.3) is 0 Å². The average molecular weight is 377 g/mol. The Kier molecular flexibility index (Phi) is 6.64. The molecule has 1 unspecified atom stereocenters. The first kappa shape index (κ1) is 20.7. The predicted octanol–water partition coefficient (Wildman–Crippen LogP) is 6.45. The molecule has 0 saturated heterocycles. The van der Waals surface area contributed by atoms with Gasteiger partial charge in [0.1, 0.15) is 6.04 Å². The summed E-state index contributed by atoms with van der Waals surface area (Å²) < 4.78 is 0. The van der Waals surface area contributed by atoms with E-state index < -0.39 is 0 Å². The van der Waals surface area contributed by atoms with Crippen molar-refractivity contribution in [2.45, 2.75) is 84.2 Å². The third-order valence-electron chi connectivity index (χ3n) is 5.59. The van der Waals surface area contributed by atoms with Crippen molar-refractivity contribution < 1.29 is 0 Å². The average Bonchev–Trinajstić information content (AvgIpc) is 2.68. The second-order valence-electron chi connectivity index (χ2n) is 9.04. The van der Waals surface area contributed by atoms with Crippen LogP contribution in [0, 0.1) is 6.42 Å². The number of benzene rings is 1. The Bertz CT molecular complexity index is 799. The molecule has 0 N–H and O–H groups in total. The van der Waals surface area contributed by atoms with E-state index in [2.05, 4.69) is 77.5 Å². The van der Waals surface area contributed by atoms with Gasteiger partial charge in [0, 0.05) is 18.2 Å². The van der Waals surface area contributed by atoms with Gasteiger partial charge in [-0.15, -0.1) is 0 Å². The first-order chi connectivity index (χ1) is 13.3. The standard InChI is InChI=1S/C25H34N3/c1-18(26-20-12-7-6-8-13-20)22-16-11-17-23(28-22)19(2)27-24-15-10-9-14-21(24)25(3,4)5/h9-11,14-17,20,22H,6-8,12-13H2,1-5H3. The Labute approximate surface area is 170 Å². The lowest BCUT2D eigenvalue weighted by Crippen LogP contribution is -2.24. The molecule has 0 bridgehead atoms. The molecule has 1 aliphatic heterocycles. The minimum Gasteiger partial charge on any atom is -0.288 e. The summed E-state index contributed by atoms with van der Waals surface area (Å²) in [5, 5.41) is 0. The van der Waals surface area contributed by atoms with Crippen molar-refractivity contribution in [3.8, 4) is 0 Å². The molecule has 1 radical (unpaired) electrons. The van der Waals surface area contributed by atoms with Gasteiger partial charge in [-0.2, -0.15) is 0 Å². The topological polar surface area (TPSA) is 37.1 Å². The van der Waals surface area contributed by atoms with E-state index in [-0.39, 0.29) is 11.5 Å². The number of nitrogens with zero attached hydrogens (tertiary/aromatic N) is 3. The number of para-hydroxylation sites is 1. The Balaban J connectivity index is 1.81.